The van der Waals surface area contributed by atoms with Gasteiger partial charge in [0.05, 0.1) is 0 Å². The standard InChI is InChI=1S/C50H60B30/c51-21-17(19-38(68)34(64)15(35(65)39(19)69)7-5-1-3-11(28(58)22(5)52)42(72)48(78)44(74)13(3)32(62)30(60)9(1)26(56)24(7)54)46(76)50(80)47(77)18(21)20-40(70)36(66)16(37(67)41(20)71)8-6-2-4-12(29(59)23(6)53)43(73)49(79)45(75)14(4)33(63)31(61)10(2)27(57)25(8)55/h51-80H2. The zero-order valence-corrected chi connectivity index (χ0v) is 55.0. The summed E-state index contributed by atoms with van der Waals surface area (Å²) in [7, 11) is 72.1. The molecule has 0 saturated heterocycles. The van der Waals surface area contributed by atoms with E-state index in [-0.39, 0.29) is 0 Å². The van der Waals surface area contributed by atoms with Gasteiger partial charge in [0, 0.05) is 0 Å². The average Bonchev–Trinajstić information content (AvgIpc) is 2.76. The van der Waals surface area contributed by atoms with E-state index < -0.39 is 0 Å². The molecular formula is C50H60B30. The van der Waals surface area contributed by atoms with E-state index in [0.717, 1.165) is 0 Å². The summed E-state index contributed by atoms with van der Waals surface area (Å²) in [6.07, 6.45) is 0. The minimum absolute atomic E-state index is 1.39. The van der Waals surface area contributed by atoms with Crippen LogP contribution in [-0.4, -0.2) is 235 Å². The summed E-state index contributed by atoms with van der Waals surface area (Å²) < 4.78 is 0. The van der Waals surface area contributed by atoms with Crippen LogP contribution in [0.1, 0.15) is 0 Å². The van der Waals surface area contributed by atoms with Gasteiger partial charge < -0.3 is 0 Å². The van der Waals surface area contributed by atoms with Crippen LogP contribution in [0.2, 0.25) is 0 Å². The quantitative estimate of drug-likeness (QED) is 0.122. The zero-order chi connectivity index (χ0) is 58.9. The Balaban J connectivity index is 1.19. The second-order valence-corrected chi connectivity index (χ2v) is 26.2. The van der Waals surface area contributed by atoms with E-state index in [9.17, 15) is 0 Å². The summed E-state index contributed by atoms with van der Waals surface area (Å²) in [6, 6.07) is 0. The Morgan fingerprint density at radius 1 is 0.0750 bits per heavy atom. The summed E-state index contributed by atoms with van der Waals surface area (Å²) in [5, 5.41) is 17.5. The zero-order valence-electron chi connectivity index (χ0n) is 55.0. The molecule has 0 radical (unpaired) electrons. The number of benzene rings is 11. The van der Waals surface area contributed by atoms with Gasteiger partial charge in [-0.25, -0.2) is 0 Å². The molecule has 0 heterocycles. The van der Waals surface area contributed by atoms with E-state index in [1.165, 1.54) is 273 Å². The second-order valence-electron chi connectivity index (χ2n) is 26.2. The van der Waals surface area contributed by atoms with Crippen molar-refractivity contribution < 1.29 is 0 Å². The number of rotatable bonds is 4. The molecule has 11 aromatic rings. The SMILES string of the molecule is Bc1c(B)c(-c2c(B)c(B)c(-c3c(B)c(B)c4c(B)c(B)c5c(B)c(B)c(B)c6c(B)c(B)c3c4c56)c(B)c2B)c(B)c(-c2c(B)c(B)c(-c3c(B)c(B)c4c(B)c(B)c5c(B)c(B)c(B)c6c(B)c(B)c3c4c56)c(B)c2B)c1B. The van der Waals surface area contributed by atoms with E-state index in [4.69, 9.17) is 0 Å². The molecule has 11 aromatic carbocycles. The lowest BCUT2D eigenvalue weighted by Crippen LogP contribution is -2.53. The van der Waals surface area contributed by atoms with Crippen LogP contribution in [0.4, 0.5) is 0 Å². The highest BCUT2D eigenvalue weighted by Crippen LogP contribution is 2.35. The van der Waals surface area contributed by atoms with E-state index in [1.54, 1.807) is 0 Å². The lowest BCUT2D eigenvalue weighted by atomic mass is 9.54. The maximum atomic E-state index is 2.45. The van der Waals surface area contributed by atoms with Crippen molar-refractivity contribution in [3.8, 4) is 44.5 Å². The maximum absolute atomic E-state index is 2.45. The van der Waals surface area contributed by atoms with Crippen molar-refractivity contribution in [3.05, 3.63) is 0 Å². The summed E-state index contributed by atoms with van der Waals surface area (Å²) in [6.45, 7) is 0. The van der Waals surface area contributed by atoms with E-state index in [0.29, 0.717) is 0 Å². The topological polar surface area (TPSA) is 0 Å². The predicted octanol–water partition coefficient (Wildman–Crippen LogP) is -38.1. The van der Waals surface area contributed by atoms with Gasteiger partial charge in [-0.1, -0.05) is 147 Å². The lowest BCUT2D eigenvalue weighted by molar-refractivity contribution is 1.80. The van der Waals surface area contributed by atoms with E-state index in [2.05, 4.69) is 235 Å². The molecule has 0 nitrogen and oxygen atoms in total. The van der Waals surface area contributed by atoms with Gasteiger partial charge in [-0.2, -0.15) is 0 Å². The molecule has 0 atom stereocenters. The molecule has 0 bridgehead atoms. The fourth-order valence-corrected chi connectivity index (χ4v) is 17.2. The van der Waals surface area contributed by atoms with Crippen LogP contribution < -0.4 is 164 Å². The largest absolute Gasteiger partial charge is 0.140 e. The van der Waals surface area contributed by atoms with Crippen molar-refractivity contribution in [1.29, 1.82) is 0 Å². The van der Waals surface area contributed by atoms with Crippen molar-refractivity contribution in [2.24, 2.45) is 0 Å². The smallest absolute Gasteiger partial charge is 0.100 e. The fraction of sp³-hybridized carbons (Fsp3) is 0. The first kappa shape index (κ1) is 57.3. The second kappa shape index (κ2) is 19.0. The van der Waals surface area contributed by atoms with E-state index >= 15 is 0 Å². The predicted molar refractivity (Wildman–Crippen MR) is 461 cm³/mol. The maximum Gasteiger partial charge on any atom is 0.140 e. The van der Waals surface area contributed by atoms with Crippen LogP contribution in [0, 0.1) is 0 Å². The van der Waals surface area contributed by atoms with Crippen LogP contribution in [-0.2, 0) is 0 Å². The van der Waals surface area contributed by atoms with Crippen molar-refractivity contribution in [2.45, 2.75) is 0 Å². The molecule has 30 heteroatoms. The minimum Gasteiger partial charge on any atom is -0.100 e. The monoisotopic (exact) mass is 991 g/mol. The molecule has 0 spiro atoms. The highest BCUT2D eigenvalue weighted by Gasteiger charge is 2.32. The first-order valence-electron chi connectivity index (χ1n) is 30.0. The van der Waals surface area contributed by atoms with Crippen LogP contribution in [0.3, 0.4) is 0 Å². The fourth-order valence-electron chi connectivity index (χ4n) is 17.2. The summed E-state index contributed by atoms with van der Waals surface area (Å²) in [5.41, 5.74) is 53.7. The molecule has 80 heavy (non-hydrogen) atoms. The summed E-state index contributed by atoms with van der Waals surface area (Å²) in [5.74, 6) is 0. The van der Waals surface area contributed by atoms with Crippen LogP contribution >= 0.6 is 0 Å². The van der Waals surface area contributed by atoms with Gasteiger partial charge in [-0.15, -0.1) is 16.4 Å². The first-order valence-corrected chi connectivity index (χ1v) is 30.0. The van der Waals surface area contributed by atoms with E-state index in [1.807, 2.05) is 0 Å². The summed E-state index contributed by atoms with van der Waals surface area (Å²) in [4.78, 5) is 0. The van der Waals surface area contributed by atoms with Crippen molar-refractivity contribution in [1.82, 2.24) is 0 Å². The summed E-state index contributed by atoms with van der Waals surface area (Å²) >= 11 is 0. The molecule has 350 valence electrons. The lowest BCUT2D eigenvalue weighted by Gasteiger charge is -2.33. The van der Waals surface area contributed by atoms with Gasteiger partial charge in [0.25, 0.3) is 0 Å². The minimum atomic E-state index is 1.39. The average molecular weight is 985 g/mol. The van der Waals surface area contributed by atoms with Crippen molar-refractivity contribution in [2.75, 3.05) is 0 Å². The Hall–Kier alpha value is -4.55. The molecule has 0 aromatic heterocycles. The molecule has 0 fully saturated rings. The van der Waals surface area contributed by atoms with Crippen molar-refractivity contribution in [3.63, 3.8) is 0 Å². The first-order chi connectivity index (χ1) is 37.3. The van der Waals surface area contributed by atoms with Crippen LogP contribution in [0.15, 0.2) is 0 Å². The highest BCUT2D eigenvalue weighted by molar-refractivity contribution is 6.79. The molecule has 0 saturated carbocycles. The van der Waals surface area contributed by atoms with Gasteiger partial charge in [-0.05, 0) is 109 Å². The molecule has 0 aliphatic rings. The third kappa shape index (κ3) is 6.95. The molecule has 0 amide bonds. The molecular weight excluding hydrogens is 925 g/mol. The van der Waals surface area contributed by atoms with Gasteiger partial charge in [-0.3, -0.25) is 0 Å². The Morgan fingerprint density at radius 3 is 0.412 bits per heavy atom. The molecule has 0 aliphatic carbocycles. The van der Waals surface area contributed by atoms with Gasteiger partial charge in [0.15, 0.2) is 0 Å². The Morgan fingerprint density at radius 2 is 0.188 bits per heavy atom. The Bertz CT molecular complexity index is 4410. The number of hydrogen-bond acceptors (Lipinski definition) is 0. The molecule has 11 rings (SSSR count). The third-order valence-corrected chi connectivity index (χ3v) is 23.5. The van der Waals surface area contributed by atoms with Crippen molar-refractivity contribution >= 4 is 464 Å². The van der Waals surface area contributed by atoms with Gasteiger partial charge in [0.1, 0.15) is 235 Å². The van der Waals surface area contributed by atoms with Crippen LogP contribution in [0.25, 0.3) is 109 Å². The Labute approximate surface area is 504 Å². The van der Waals surface area contributed by atoms with Gasteiger partial charge >= 0.3 is 0 Å². The third-order valence-electron chi connectivity index (χ3n) is 23.5. The molecule has 0 aliphatic heterocycles. The Kier molecular flexibility index (Phi) is 13.6. The normalized spacial score (nSPS) is 12.0. The molecule has 0 N–H and O–H groups in total. The van der Waals surface area contributed by atoms with Crippen LogP contribution in [0.5, 0.6) is 0 Å². The van der Waals surface area contributed by atoms with Gasteiger partial charge in [0.2, 0.25) is 0 Å². The number of hydrogen-bond donors (Lipinski definition) is 0. The molecule has 0 unspecified atom stereocenters. The highest BCUT2D eigenvalue weighted by atomic mass is 14.3.